The number of halogens is 4. The molecule has 2 N–H and O–H groups in total. The molecule has 0 unspecified atom stereocenters. The SMILES string of the molecule is CN=C(NCCc1nc(C(F)(F)F)cs1)NCc1cccc(OC)c1OC.I. The summed E-state index contributed by atoms with van der Waals surface area (Å²) >= 11 is 0.993. The molecule has 0 bridgehead atoms. The maximum Gasteiger partial charge on any atom is 0.434 e. The molecular formula is C17H22F3IN4O2S. The van der Waals surface area contributed by atoms with Crippen molar-refractivity contribution in [2.75, 3.05) is 27.8 Å². The van der Waals surface area contributed by atoms with Crippen LogP contribution in [0.3, 0.4) is 0 Å². The Morgan fingerprint density at radius 1 is 1.21 bits per heavy atom. The maximum atomic E-state index is 12.6. The van der Waals surface area contributed by atoms with Gasteiger partial charge in [-0.3, -0.25) is 4.99 Å². The van der Waals surface area contributed by atoms with E-state index in [-0.39, 0.29) is 24.0 Å². The van der Waals surface area contributed by atoms with Gasteiger partial charge in [-0.2, -0.15) is 13.2 Å². The Bertz CT molecular complexity index is 784. The summed E-state index contributed by atoms with van der Waals surface area (Å²) in [6, 6.07) is 5.56. The highest BCUT2D eigenvalue weighted by molar-refractivity contribution is 14.0. The highest BCUT2D eigenvalue weighted by atomic mass is 127. The second kappa shape index (κ2) is 11.3. The zero-order chi connectivity index (χ0) is 19.9. The molecule has 2 rings (SSSR count). The first-order chi connectivity index (χ1) is 12.9. The predicted molar refractivity (Wildman–Crippen MR) is 114 cm³/mol. The Balaban J connectivity index is 0.00000392. The van der Waals surface area contributed by atoms with Crippen LogP contribution in [0.5, 0.6) is 11.5 Å². The van der Waals surface area contributed by atoms with Crippen molar-refractivity contribution in [3.63, 3.8) is 0 Å². The summed E-state index contributed by atoms with van der Waals surface area (Å²) in [4.78, 5) is 7.70. The third kappa shape index (κ3) is 6.69. The summed E-state index contributed by atoms with van der Waals surface area (Å²) in [5, 5.41) is 7.63. The van der Waals surface area contributed by atoms with Gasteiger partial charge in [-0.15, -0.1) is 35.3 Å². The fourth-order valence-corrected chi connectivity index (χ4v) is 3.14. The molecule has 0 amide bonds. The van der Waals surface area contributed by atoms with Crippen LogP contribution in [-0.2, 0) is 19.1 Å². The van der Waals surface area contributed by atoms with Crippen LogP contribution in [-0.4, -0.2) is 38.8 Å². The first-order valence-corrected chi connectivity index (χ1v) is 8.93. The summed E-state index contributed by atoms with van der Waals surface area (Å²) in [6.07, 6.45) is -4.04. The van der Waals surface area contributed by atoms with Gasteiger partial charge in [0.2, 0.25) is 0 Å². The molecule has 0 radical (unpaired) electrons. The number of hydrogen-bond acceptors (Lipinski definition) is 5. The van der Waals surface area contributed by atoms with Crippen molar-refractivity contribution in [3.8, 4) is 11.5 Å². The molecule has 1 aromatic carbocycles. The molecule has 0 aliphatic carbocycles. The third-order valence-electron chi connectivity index (χ3n) is 3.63. The lowest BCUT2D eigenvalue weighted by atomic mass is 10.2. The van der Waals surface area contributed by atoms with E-state index in [2.05, 4.69) is 20.6 Å². The van der Waals surface area contributed by atoms with Crippen molar-refractivity contribution in [2.24, 2.45) is 4.99 Å². The number of methoxy groups -OCH3 is 2. The largest absolute Gasteiger partial charge is 0.493 e. The molecule has 0 atom stereocenters. The molecule has 28 heavy (non-hydrogen) atoms. The van der Waals surface area contributed by atoms with Crippen molar-refractivity contribution in [1.82, 2.24) is 15.6 Å². The van der Waals surface area contributed by atoms with Crippen molar-refractivity contribution >= 4 is 41.3 Å². The smallest absolute Gasteiger partial charge is 0.434 e. The monoisotopic (exact) mass is 530 g/mol. The Morgan fingerprint density at radius 2 is 1.96 bits per heavy atom. The highest BCUT2D eigenvalue weighted by Crippen LogP contribution is 2.31. The van der Waals surface area contributed by atoms with Gasteiger partial charge in [-0.25, -0.2) is 4.98 Å². The van der Waals surface area contributed by atoms with Gasteiger partial charge in [0.25, 0.3) is 0 Å². The lowest BCUT2D eigenvalue weighted by Crippen LogP contribution is -2.37. The molecule has 6 nitrogen and oxygen atoms in total. The lowest BCUT2D eigenvalue weighted by molar-refractivity contribution is -0.140. The van der Waals surface area contributed by atoms with Crippen molar-refractivity contribution in [1.29, 1.82) is 0 Å². The summed E-state index contributed by atoms with van der Waals surface area (Å²) < 4.78 is 48.3. The van der Waals surface area contributed by atoms with Crippen LogP contribution in [0.4, 0.5) is 13.2 Å². The first-order valence-electron chi connectivity index (χ1n) is 8.05. The van der Waals surface area contributed by atoms with Crippen molar-refractivity contribution in [2.45, 2.75) is 19.1 Å². The standard InChI is InChI=1S/C17H21F3N4O2S.HI/c1-21-16(22-8-7-14-24-13(10-27-14)17(18,19)20)23-9-11-5-4-6-12(25-2)15(11)26-3;/h4-6,10H,7-9H2,1-3H3,(H2,21,22,23);1H. The topological polar surface area (TPSA) is 67.8 Å². The normalized spacial score (nSPS) is 11.6. The van der Waals surface area contributed by atoms with Gasteiger partial charge in [0, 0.05) is 37.5 Å². The Kier molecular flexibility index (Phi) is 9.79. The number of aliphatic imine (C=N–C) groups is 1. The second-order valence-electron chi connectivity index (χ2n) is 5.38. The Hall–Kier alpha value is -1.76. The third-order valence-corrected chi connectivity index (χ3v) is 4.54. The highest BCUT2D eigenvalue weighted by Gasteiger charge is 2.33. The molecule has 1 heterocycles. The molecule has 156 valence electrons. The molecule has 0 fully saturated rings. The van der Waals surface area contributed by atoms with Crippen molar-refractivity contribution in [3.05, 3.63) is 39.8 Å². The van der Waals surface area contributed by atoms with E-state index in [4.69, 9.17) is 9.47 Å². The number of guanidine groups is 1. The minimum absolute atomic E-state index is 0. The fraction of sp³-hybridized carbons (Fsp3) is 0.412. The summed E-state index contributed by atoms with van der Waals surface area (Å²) in [7, 11) is 4.75. The number of benzene rings is 1. The van der Waals surface area contributed by atoms with E-state index < -0.39 is 11.9 Å². The van der Waals surface area contributed by atoms with Gasteiger partial charge in [0.1, 0.15) is 0 Å². The number of hydrogen-bond donors (Lipinski definition) is 2. The number of nitrogens with one attached hydrogen (secondary N) is 2. The van der Waals surface area contributed by atoms with E-state index in [1.54, 1.807) is 27.3 Å². The number of aromatic nitrogens is 1. The van der Waals surface area contributed by atoms with E-state index in [0.29, 0.717) is 42.0 Å². The summed E-state index contributed by atoms with van der Waals surface area (Å²) in [6.45, 7) is 0.843. The quantitative estimate of drug-likeness (QED) is 0.325. The van der Waals surface area contributed by atoms with Crippen LogP contribution in [0, 0.1) is 0 Å². The second-order valence-corrected chi connectivity index (χ2v) is 6.32. The Morgan fingerprint density at radius 3 is 2.54 bits per heavy atom. The summed E-state index contributed by atoms with van der Waals surface area (Å²) in [5.74, 6) is 1.78. The Labute approximate surface area is 182 Å². The van der Waals surface area contributed by atoms with Gasteiger partial charge in [0.05, 0.1) is 19.2 Å². The molecule has 1 aromatic heterocycles. The summed E-state index contributed by atoms with van der Waals surface area (Å²) in [5.41, 5.74) is 0.0321. The number of rotatable bonds is 7. The van der Waals surface area contributed by atoms with Crippen LogP contribution in [0.1, 0.15) is 16.3 Å². The van der Waals surface area contributed by atoms with Crippen LogP contribution < -0.4 is 20.1 Å². The van der Waals surface area contributed by atoms with Crippen LogP contribution in [0.15, 0.2) is 28.6 Å². The fourth-order valence-electron chi connectivity index (χ4n) is 2.34. The number of thiazole rings is 1. The first kappa shape index (κ1) is 24.3. The maximum absolute atomic E-state index is 12.6. The van der Waals surface area contributed by atoms with E-state index in [9.17, 15) is 13.2 Å². The van der Waals surface area contributed by atoms with E-state index in [1.807, 2.05) is 12.1 Å². The molecule has 0 saturated carbocycles. The van der Waals surface area contributed by atoms with Crippen LogP contribution in [0.2, 0.25) is 0 Å². The predicted octanol–water partition coefficient (Wildman–Crippen LogP) is 3.70. The van der Waals surface area contributed by atoms with Crippen LogP contribution >= 0.6 is 35.3 Å². The van der Waals surface area contributed by atoms with E-state index in [1.165, 1.54) is 0 Å². The zero-order valence-corrected chi connectivity index (χ0v) is 18.7. The van der Waals surface area contributed by atoms with E-state index in [0.717, 1.165) is 22.3 Å². The molecule has 0 aliphatic rings. The lowest BCUT2D eigenvalue weighted by Gasteiger charge is -2.15. The minimum Gasteiger partial charge on any atom is -0.493 e. The number of nitrogens with zero attached hydrogens (tertiary/aromatic N) is 2. The number of para-hydroxylation sites is 1. The minimum atomic E-state index is -4.41. The van der Waals surface area contributed by atoms with Crippen LogP contribution in [0.25, 0.3) is 0 Å². The van der Waals surface area contributed by atoms with Gasteiger partial charge in [0.15, 0.2) is 23.2 Å². The van der Waals surface area contributed by atoms with Gasteiger partial charge in [-0.05, 0) is 6.07 Å². The molecule has 11 heteroatoms. The zero-order valence-electron chi connectivity index (χ0n) is 15.6. The van der Waals surface area contributed by atoms with E-state index >= 15 is 0 Å². The number of ether oxygens (including phenoxy) is 2. The van der Waals surface area contributed by atoms with Gasteiger partial charge in [-0.1, -0.05) is 12.1 Å². The average molecular weight is 530 g/mol. The van der Waals surface area contributed by atoms with Gasteiger partial charge < -0.3 is 20.1 Å². The molecule has 0 aliphatic heterocycles. The van der Waals surface area contributed by atoms with Gasteiger partial charge >= 0.3 is 6.18 Å². The average Bonchev–Trinajstić information content (AvgIpc) is 3.13. The molecule has 2 aromatic rings. The number of alkyl halides is 3. The molecule has 0 spiro atoms. The van der Waals surface area contributed by atoms with Crippen molar-refractivity contribution < 1.29 is 22.6 Å². The molecular weight excluding hydrogens is 508 g/mol. The molecule has 0 saturated heterocycles.